The van der Waals surface area contributed by atoms with Gasteiger partial charge >= 0.3 is 5.97 Å². The molecule has 0 bridgehead atoms. The lowest BCUT2D eigenvalue weighted by Crippen LogP contribution is -2.40. The van der Waals surface area contributed by atoms with Gasteiger partial charge in [0.25, 0.3) is 0 Å². The van der Waals surface area contributed by atoms with Crippen LogP contribution in [0.1, 0.15) is 50.2 Å². The van der Waals surface area contributed by atoms with Gasteiger partial charge in [-0.2, -0.15) is 0 Å². The van der Waals surface area contributed by atoms with Gasteiger partial charge in [0.2, 0.25) is 5.91 Å². The van der Waals surface area contributed by atoms with E-state index in [1.807, 2.05) is 12.1 Å². The molecule has 1 aliphatic carbocycles. The lowest BCUT2D eigenvalue weighted by Gasteiger charge is -2.26. The highest BCUT2D eigenvalue weighted by Crippen LogP contribution is 2.33. The van der Waals surface area contributed by atoms with Crippen LogP contribution in [0.3, 0.4) is 0 Å². The fourth-order valence-electron chi connectivity index (χ4n) is 2.94. The predicted molar refractivity (Wildman–Crippen MR) is 81.1 cm³/mol. The van der Waals surface area contributed by atoms with Crippen LogP contribution in [0.15, 0.2) is 24.3 Å². The molecular formula is C17H23NO3. The number of aliphatic carboxylic acids is 1. The van der Waals surface area contributed by atoms with Crippen molar-refractivity contribution in [3.05, 3.63) is 35.4 Å². The molecule has 3 unspecified atom stereocenters. The monoisotopic (exact) mass is 289 g/mol. The first-order valence-corrected chi connectivity index (χ1v) is 7.59. The molecule has 0 heterocycles. The zero-order valence-corrected chi connectivity index (χ0v) is 12.6. The van der Waals surface area contributed by atoms with Gasteiger partial charge in [0.15, 0.2) is 0 Å². The Morgan fingerprint density at radius 2 is 2.05 bits per heavy atom. The molecule has 0 aromatic heterocycles. The maximum absolute atomic E-state index is 12.2. The molecule has 1 amide bonds. The topological polar surface area (TPSA) is 66.4 Å². The molecule has 0 spiro atoms. The average molecular weight is 289 g/mol. The van der Waals surface area contributed by atoms with E-state index in [0.29, 0.717) is 6.42 Å². The number of aryl methyl sites for hydroxylation is 1. The van der Waals surface area contributed by atoms with Crippen molar-refractivity contribution in [1.29, 1.82) is 0 Å². The molecule has 1 aromatic carbocycles. The zero-order chi connectivity index (χ0) is 15.4. The first kappa shape index (κ1) is 15.5. The van der Waals surface area contributed by atoms with Gasteiger partial charge in [-0.25, -0.2) is 0 Å². The number of rotatable bonds is 5. The molecule has 2 rings (SSSR count). The van der Waals surface area contributed by atoms with Crippen LogP contribution >= 0.6 is 0 Å². The number of carboxylic acid groups (broad SMARTS) is 1. The van der Waals surface area contributed by atoms with Crippen LogP contribution in [-0.4, -0.2) is 23.0 Å². The Bertz CT molecular complexity index is 527. The van der Waals surface area contributed by atoms with Crippen LogP contribution in [-0.2, 0) is 16.0 Å². The molecule has 114 valence electrons. The second-order valence-electron chi connectivity index (χ2n) is 5.98. The lowest BCUT2D eigenvalue weighted by molar-refractivity contribution is -0.142. The van der Waals surface area contributed by atoms with Crippen LogP contribution in [0.5, 0.6) is 0 Å². The Balaban J connectivity index is 1.96. The molecule has 0 saturated carbocycles. The number of hydrogen-bond donors (Lipinski definition) is 2. The van der Waals surface area contributed by atoms with Crippen molar-refractivity contribution < 1.29 is 14.7 Å². The number of carbonyl (C=O) groups excluding carboxylic acids is 1. The van der Waals surface area contributed by atoms with Crippen molar-refractivity contribution in [2.24, 2.45) is 5.92 Å². The third-order valence-corrected chi connectivity index (χ3v) is 4.45. The normalized spacial score (nSPS) is 20.2. The second-order valence-corrected chi connectivity index (χ2v) is 5.98. The average Bonchev–Trinajstić information content (AvgIpc) is 2.46. The number of benzene rings is 1. The molecule has 4 heteroatoms. The molecular weight excluding hydrogens is 266 g/mol. The van der Waals surface area contributed by atoms with E-state index in [-0.39, 0.29) is 17.9 Å². The Morgan fingerprint density at radius 1 is 1.33 bits per heavy atom. The number of amides is 1. The third kappa shape index (κ3) is 3.84. The third-order valence-electron chi connectivity index (χ3n) is 4.45. The molecule has 0 fully saturated rings. The summed E-state index contributed by atoms with van der Waals surface area (Å²) in [4.78, 5) is 23.1. The molecule has 2 N–H and O–H groups in total. The van der Waals surface area contributed by atoms with E-state index in [0.717, 1.165) is 19.3 Å². The van der Waals surface area contributed by atoms with E-state index < -0.39 is 11.9 Å². The second kappa shape index (κ2) is 6.74. The largest absolute Gasteiger partial charge is 0.481 e. The summed E-state index contributed by atoms with van der Waals surface area (Å²) in [6, 6.07) is 7.95. The van der Waals surface area contributed by atoms with Crippen molar-refractivity contribution in [2.45, 2.75) is 51.5 Å². The summed E-state index contributed by atoms with van der Waals surface area (Å²) in [5.41, 5.74) is 2.62. The summed E-state index contributed by atoms with van der Waals surface area (Å²) in [5, 5.41) is 11.8. The number of carbonyl (C=O) groups is 2. The van der Waals surface area contributed by atoms with Crippen LogP contribution in [0.4, 0.5) is 0 Å². The van der Waals surface area contributed by atoms with Crippen molar-refractivity contribution in [2.75, 3.05) is 0 Å². The first-order valence-electron chi connectivity index (χ1n) is 7.59. The van der Waals surface area contributed by atoms with Gasteiger partial charge < -0.3 is 10.4 Å². The summed E-state index contributed by atoms with van der Waals surface area (Å²) in [5.74, 6) is -1.27. The van der Waals surface area contributed by atoms with Crippen LogP contribution in [0.2, 0.25) is 0 Å². The number of fused-ring (bicyclic) bond motifs is 1. The molecule has 1 aromatic rings. The predicted octanol–water partition coefficient (Wildman–Crippen LogP) is 2.72. The highest BCUT2D eigenvalue weighted by Gasteiger charge is 2.25. The van der Waals surface area contributed by atoms with Crippen molar-refractivity contribution >= 4 is 11.9 Å². The highest BCUT2D eigenvalue weighted by atomic mass is 16.4. The number of hydrogen-bond acceptors (Lipinski definition) is 2. The Hall–Kier alpha value is -1.84. The van der Waals surface area contributed by atoms with Gasteiger partial charge in [-0.3, -0.25) is 9.59 Å². The van der Waals surface area contributed by atoms with Gasteiger partial charge in [0, 0.05) is 12.5 Å². The van der Waals surface area contributed by atoms with E-state index in [1.54, 1.807) is 13.8 Å². The molecule has 1 aliphatic rings. The maximum atomic E-state index is 12.2. The van der Waals surface area contributed by atoms with Crippen molar-refractivity contribution in [3.63, 3.8) is 0 Å². The van der Waals surface area contributed by atoms with Gasteiger partial charge in [-0.1, -0.05) is 24.3 Å². The molecule has 0 saturated heterocycles. The van der Waals surface area contributed by atoms with Gasteiger partial charge in [-0.05, 0) is 50.2 Å². The smallest absolute Gasteiger partial charge is 0.308 e. The molecule has 0 aliphatic heterocycles. The molecule has 4 nitrogen and oxygen atoms in total. The number of carboxylic acids is 1. The standard InChI is InChI=1S/C17H23NO3/c1-11(17(20)21)12(2)18-16(19)10-14-8-5-7-13-6-3-4-9-15(13)14/h3-4,6,9,11-12,14H,5,7-8,10H2,1-2H3,(H,18,19)(H,20,21). The van der Waals surface area contributed by atoms with Gasteiger partial charge in [0.1, 0.15) is 0 Å². The minimum absolute atomic E-state index is 0.0581. The van der Waals surface area contributed by atoms with E-state index in [4.69, 9.17) is 5.11 Å². The van der Waals surface area contributed by atoms with Crippen LogP contribution < -0.4 is 5.32 Å². The zero-order valence-electron chi connectivity index (χ0n) is 12.6. The van der Waals surface area contributed by atoms with Crippen molar-refractivity contribution in [3.8, 4) is 0 Å². The summed E-state index contributed by atoms with van der Waals surface area (Å²) < 4.78 is 0. The van der Waals surface area contributed by atoms with Crippen molar-refractivity contribution in [1.82, 2.24) is 5.32 Å². The van der Waals surface area contributed by atoms with E-state index in [1.165, 1.54) is 11.1 Å². The Labute approximate surface area is 125 Å². The molecule has 3 atom stereocenters. The fourth-order valence-corrected chi connectivity index (χ4v) is 2.94. The van der Waals surface area contributed by atoms with Gasteiger partial charge in [-0.15, -0.1) is 0 Å². The van der Waals surface area contributed by atoms with E-state index in [2.05, 4.69) is 17.4 Å². The van der Waals surface area contributed by atoms with E-state index in [9.17, 15) is 9.59 Å². The first-order chi connectivity index (χ1) is 9.99. The lowest BCUT2D eigenvalue weighted by atomic mass is 9.81. The summed E-state index contributed by atoms with van der Waals surface area (Å²) in [7, 11) is 0. The quantitative estimate of drug-likeness (QED) is 0.876. The Kier molecular flexibility index (Phi) is 4.99. The minimum Gasteiger partial charge on any atom is -0.481 e. The van der Waals surface area contributed by atoms with Crippen LogP contribution in [0, 0.1) is 5.92 Å². The Morgan fingerprint density at radius 3 is 2.76 bits per heavy atom. The SMILES string of the molecule is CC(NC(=O)CC1CCCc2ccccc21)C(C)C(=O)O. The molecule has 21 heavy (non-hydrogen) atoms. The minimum atomic E-state index is -0.884. The maximum Gasteiger partial charge on any atom is 0.308 e. The number of nitrogens with one attached hydrogen (secondary N) is 1. The summed E-state index contributed by atoms with van der Waals surface area (Å²) in [6.45, 7) is 3.36. The van der Waals surface area contributed by atoms with Crippen LogP contribution in [0.25, 0.3) is 0 Å². The van der Waals surface area contributed by atoms with E-state index >= 15 is 0 Å². The summed E-state index contributed by atoms with van der Waals surface area (Å²) in [6.07, 6.45) is 3.65. The molecule has 0 radical (unpaired) electrons. The highest BCUT2D eigenvalue weighted by molar-refractivity contribution is 5.78. The van der Waals surface area contributed by atoms with Gasteiger partial charge in [0.05, 0.1) is 5.92 Å². The fraction of sp³-hybridized carbons (Fsp3) is 0.529. The summed E-state index contributed by atoms with van der Waals surface area (Å²) >= 11 is 0.